The van der Waals surface area contributed by atoms with E-state index >= 15 is 0 Å². The van der Waals surface area contributed by atoms with E-state index in [-0.39, 0.29) is 29.2 Å². The number of hydrogen-bond donors (Lipinski definition) is 1. The van der Waals surface area contributed by atoms with Crippen molar-refractivity contribution in [3.8, 4) is 0 Å². The average Bonchev–Trinajstić information content (AvgIpc) is 2.97. The molecule has 2 aliphatic rings. The van der Waals surface area contributed by atoms with Gasteiger partial charge in [-0.25, -0.2) is 0 Å². The van der Waals surface area contributed by atoms with Crippen LogP contribution in [0.15, 0.2) is 18.2 Å². The second-order valence-electron chi connectivity index (χ2n) is 6.01. The molecule has 1 aromatic rings. The summed E-state index contributed by atoms with van der Waals surface area (Å²) < 4.78 is 0. The molecule has 0 radical (unpaired) electrons. The highest BCUT2D eigenvalue weighted by Crippen LogP contribution is 2.35. The molecule has 0 aromatic heterocycles. The van der Waals surface area contributed by atoms with Gasteiger partial charge in [-0.05, 0) is 31.7 Å². The fourth-order valence-electron chi connectivity index (χ4n) is 3.73. The van der Waals surface area contributed by atoms with Crippen LogP contribution >= 0.6 is 0 Å². The van der Waals surface area contributed by atoms with Crippen molar-refractivity contribution in [1.82, 2.24) is 10.2 Å². The number of likely N-dealkylation sites (tertiary alicyclic amines) is 1. The third-order valence-corrected chi connectivity index (χ3v) is 4.68. The maximum absolute atomic E-state index is 12.9. The molecule has 3 atom stereocenters. The molecule has 2 saturated heterocycles. The van der Waals surface area contributed by atoms with E-state index in [1.165, 1.54) is 6.07 Å². The molecule has 1 N–H and O–H groups in total. The van der Waals surface area contributed by atoms with Gasteiger partial charge in [0, 0.05) is 31.2 Å². The number of nitro benzene ring substituents is 1. The van der Waals surface area contributed by atoms with Gasteiger partial charge in [0.1, 0.15) is 5.56 Å². The number of amides is 1. The Kier molecular flexibility index (Phi) is 3.41. The molecule has 0 saturated carbocycles. The standard InChI is InChI=1S/C15H19N3O3/c1-9-4-3-5-12(18(20)21)14(9)15(19)17-10(2)6-11-7-16-8-13(11)17/h3-5,10-11,13,16H,6-8H2,1-2H3. The molecule has 112 valence electrons. The highest BCUT2D eigenvalue weighted by atomic mass is 16.6. The second-order valence-corrected chi connectivity index (χ2v) is 6.01. The van der Waals surface area contributed by atoms with Crippen LogP contribution in [0.5, 0.6) is 0 Å². The lowest BCUT2D eigenvalue weighted by atomic mass is 10.0. The lowest BCUT2D eigenvalue weighted by Crippen LogP contribution is -2.43. The number of carbonyl (C=O) groups excluding carboxylic acids is 1. The predicted octanol–water partition coefficient (Wildman–Crippen LogP) is 1.73. The zero-order valence-corrected chi connectivity index (χ0v) is 12.2. The molecule has 2 aliphatic heterocycles. The predicted molar refractivity (Wildman–Crippen MR) is 78.2 cm³/mol. The quantitative estimate of drug-likeness (QED) is 0.664. The number of hydrogen-bond acceptors (Lipinski definition) is 4. The van der Waals surface area contributed by atoms with Crippen molar-refractivity contribution in [2.75, 3.05) is 13.1 Å². The lowest BCUT2D eigenvalue weighted by molar-refractivity contribution is -0.385. The zero-order chi connectivity index (χ0) is 15.1. The monoisotopic (exact) mass is 289 g/mol. The molecule has 6 nitrogen and oxygen atoms in total. The number of nitro groups is 1. The Hall–Kier alpha value is -1.95. The normalized spacial score (nSPS) is 27.7. The van der Waals surface area contributed by atoms with E-state index in [4.69, 9.17) is 0 Å². The molecule has 0 aliphatic carbocycles. The minimum atomic E-state index is -0.467. The van der Waals surface area contributed by atoms with Crippen molar-refractivity contribution in [2.24, 2.45) is 5.92 Å². The van der Waals surface area contributed by atoms with E-state index < -0.39 is 4.92 Å². The van der Waals surface area contributed by atoms with Gasteiger partial charge in [-0.3, -0.25) is 14.9 Å². The van der Waals surface area contributed by atoms with Gasteiger partial charge in [0.15, 0.2) is 0 Å². The fraction of sp³-hybridized carbons (Fsp3) is 0.533. The van der Waals surface area contributed by atoms with Crippen molar-refractivity contribution >= 4 is 11.6 Å². The number of carbonyl (C=O) groups is 1. The van der Waals surface area contributed by atoms with Crippen LogP contribution in [-0.4, -0.2) is 40.9 Å². The molecule has 21 heavy (non-hydrogen) atoms. The summed E-state index contributed by atoms with van der Waals surface area (Å²) in [5.41, 5.74) is 0.805. The van der Waals surface area contributed by atoms with Crippen molar-refractivity contribution < 1.29 is 9.72 Å². The lowest BCUT2D eigenvalue weighted by Gasteiger charge is -2.28. The zero-order valence-electron chi connectivity index (χ0n) is 12.2. The van der Waals surface area contributed by atoms with Gasteiger partial charge >= 0.3 is 0 Å². The van der Waals surface area contributed by atoms with Gasteiger partial charge in [0.25, 0.3) is 11.6 Å². The first-order valence-corrected chi connectivity index (χ1v) is 7.28. The third kappa shape index (κ3) is 2.19. The van der Waals surface area contributed by atoms with Crippen LogP contribution in [0.1, 0.15) is 29.3 Å². The molecule has 0 spiro atoms. The first-order chi connectivity index (χ1) is 10.0. The number of benzene rings is 1. The Morgan fingerprint density at radius 3 is 2.90 bits per heavy atom. The summed E-state index contributed by atoms with van der Waals surface area (Å²) in [6, 6.07) is 5.08. The van der Waals surface area contributed by atoms with E-state index in [2.05, 4.69) is 5.32 Å². The summed E-state index contributed by atoms with van der Waals surface area (Å²) in [6.07, 6.45) is 0.961. The second kappa shape index (κ2) is 5.11. The van der Waals surface area contributed by atoms with Crippen LogP contribution in [0.25, 0.3) is 0 Å². The Balaban J connectivity index is 2.01. The summed E-state index contributed by atoms with van der Waals surface area (Å²) in [5, 5.41) is 14.5. The van der Waals surface area contributed by atoms with Crippen LogP contribution in [0.3, 0.4) is 0 Å². The van der Waals surface area contributed by atoms with E-state index in [0.717, 1.165) is 19.5 Å². The number of rotatable bonds is 2. The Morgan fingerprint density at radius 1 is 1.43 bits per heavy atom. The first-order valence-electron chi connectivity index (χ1n) is 7.28. The van der Waals surface area contributed by atoms with Crippen molar-refractivity contribution in [1.29, 1.82) is 0 Å². The Bertz CT molecular complexity index is 602. The molecular weight excluding hydrogens is 270 g/mol. The first kappa shape index (κ1) is 14.0. The molecular formula is C15H19N3O3. The highest BCUT2D eigenvalue weighted by molar-refractivity contribution is 6.00. The summed E-state index contributed by atoms with van der Waals surface area (Å²) in [4.78, 5) is 25.5. The highest BCUT2D eigenvalue weighted by Gasteiger charge is 2.45. The summed E-state index contributed by atoms with van der Waals surface area (Å²) in [6.45, 7) is 5.49. The topological polar surface area (TPSA) is 75.5 Å². The van der Waals surface area contributed by atoms with Crippen molar-refractivity contribution in [3.05, 3.63) is 39.4 Å². The number of aryl methyl sites for hydroxylation is 1. The SMILES string of the molecule is Cc1cccc([N+](=O)[O-])c1C(=O)N1C(C)CC2CNCC21. The van der Waals surface area contributed by atoms with Crippen LogP contribution in [-0.2, 0) is 0 Å². The van der Waals surface area contributed by atoms with E-state index in [1.807, 2.05) is 11.8 Å². The molecule has 1 amide bonds. The van der Waals surface area contributed by atoms with Gasteiger partial charge in [-0.1, -0.05) is 12.1 Å². The number of nitrogens with zero attached hydrogens (tertiary/aromatic N) is 2. The van der Waals surface area contributed by atoms with Crippen molar-refractivity contribution in [3.63, 3.8) is 0 Å². The van der Waals surface area contributed by atoms with Crippen LogP contribution < -0.4 is 5.32 Å². The van der Waals surface area contributed by atoms with E-state index in [9.17, 15) is 14.9 Å². The molecule has 3 rings (SSSR count). The smallest absolute Gasteiger partial charge is 0.282 e. The fourth-order valence-corrected chi connectivity index (χ4v) is 3.73. The molecule has 2 heterocycles. The minimum absolute atomic E-state index is 0.0957. The largest absolute Gasteiger partial charge is 0.331 e. The Labute approximate surface area is 123 Å². The summed E-state index contributed by atoms with van der Waals surface area (Å²) in [5.74, 6) is 0.260. The van der Waals surface area contributed by atoms with Gasteiger partial charge in [-0.15, -0.1) is 0 Å². The van der Waals surface area contributed by atoms with Crippen LogP contribution in [0.4, 0.5) is 5.69 Å². The number of fused-ring (bicyclic) bond motifs is 1. The van der Waals surface area contributed by atoms with E-state index in [1.54, 1.807) is 19.1 Å². The minimum Gasteiger partial charge on any atom is -0.331 e. The summed E-state index contributed by atoms with van der Waals surface area (Å²) >= 11 is 0. The molecule has 0 bridgehead atoms. The summed E-state index contributed by atoms with van der Waals surface area (Å²) in [7, 11) is 0. The molecule has 6 heteroatoms. The van der Waals surface area contributed by atoms with Gasteiger partial charge in [-0.2, -0.15) is 0 Å². The van der Waals surface area contributed by atoms with Crippen LogP contribution in [0, 0.1) is 23.0 Å². The van der Waals surface area contributed by atoms with Crippen molar-refractivity contribution in [2.45, 2.75) is 32.4 Å². The van der Waals surface area contributed by atoms with Gasteiger partial charge < -0.3 is 10.2 Å². The molecule has 3 unspecified atom stereocenters. The molecule has 2 fully saturated rings. The maximum atomic E-state index is 12.9. The van der Waals surface area contributed by atoms with Gasteiger partial charge in [0.05, 0.1) is 4.92 Å². The van der Waals surface area contributed by atoms with Crippen LogP contribution in [0.2, 0.25) is 0 Å². The van der Waals surface area contributed by atoms with E-state index in [0.29, 0.717) is 11.5 Å². The number of nitrogens with one attached hydrogen (secondary N) is 1. The molecule has 1 aromatic carbocycles. The van der Waals surface area contributed by atoms with Gasteiger partial charge in [0.2, 0.25) is 0 Å². The maximum Gasteiger partial charge on any atom is 0.282 e. The third-order valence-electron chi connectivity index (χ3n) is 4.68. The average molecular weight is 289 g/mol. The Morgan fingerprint density at radius 2 is 2.19 bits per heavy atom.